The molecular weight excluding hydrogens is 321 g/mol. The second-order valence-corrected chi connectivity index (χ2v) is 5.03. The molecule has 0 aliphatic carbocycles. The lowest BCUT2D eigenvalue weighted by atomic mass is 10.0. The van der Waals surface area contributed by atoms with Crippen molar-refractivity contribution >= 4 is 11.7 Å². The number of aliphatic carboxylic acids is 1. The van der Waals surface area contributed by atoms with E-state index in [9.17, 15) is 9.18 Å². The van der Waals surface area contributed by atoms with E-state index in [1.165, 1.54) is 24.3 Å². The van der Waals surface area contributed by atoms with Gasteiger partial charge in [0.15, 0.2) is 0 Å². The summed E-state index contributed by atoms with van der Waals surface area (Å²) in [6.07, 6.45) is 0. The Morgan fingerprint density at radius 2 is 1.80 bits per heavy atom. The third kappa shape index (κ3) is 5.22. The molecule has 2 aromatic rings. The minimum atomic E-state index is -1.09. The zero-order valence-corrected chi connectivity index (χ0v) is 13.2. The first kappa shape index (κ1) is 17.8. The lowest BCUT2D eigenvalue weighted by Gasteiger charge is -2.10. The maximum atomic E-state index is 13.1. The first-order valence-electron chi connectivity index (χ1n) is 7.34. The Kier molecular flexibility index (Phi) is 5.91. The highest BCUT2D eigenvalue weighted by Crippen LogP contribution is 2.11. The van der Waals surface area contributed by atoms with E-state index in [1.54, 1.807) is 12.1 Å². The van der Waals surface area contributed by atoms with E-state index in [2.05, 4.69) is 17.2 Å². The Morgan fingerprint density at radius 1 is 1.16 bits per heavy atom. The smallest absolute Gasteiger partial charge is 0.322 e. The molecule has 2 rings (SSSR count). The molecule has 0 radical (unpaired) electrons. The number of hydrogen-bond acceptors (Lipinski definition) is 4. The fourth-order valence-electron chi connectivity index (χ4n) is 1.94. The number of nitrogens with two attached hydrogens (primary N) is 1. The second-order valence-electron chi connectivity index (χ2n) is 5.03. The molecule has 0 saturated carbocycles. The number of halogens is 1. The van der Waals surface area contributed by atoms with Crippen molar-refractivity contribution in [1.29, 1.82) is 5.41 Å². The molecule has 5 N–H and O–H groups in total. The molecule has 0 saturated heterocycles. The molecule has 0 aliphatic rings. The summed E-state index contributed by atoms with van der Waals surface area (Å²) in [5.41, 5.74) is 7.13. The molecule has 0 heterocycles. The van der Waals surface area contributed by atoms with Crippen LogP contribution in [-0.2, 0) is 4.79 Å². The first-order valence-corrected chi connectivity index (χ1v) is 7.34. The van der Waals surface area contributed by atoms with Crippen molar-refractivity contribution in [2.75, 3.05) is 6.54 Å². The Morgan fingerprint density at radius 3 is 2.40 bits per heavy atom. The Labute approximate surface area is 144 Å². The SMILES string of the molecule is N=C(/C(C#Cc1ccccc1)=C(/N)NCC(=O)O)c1ccc(F)cc1. The topological polar surface area (TPSA) is 99.2 Å². The van der Waals surface area contributed by atoms with Gasteiger partial charge < -0.3 is 16.2 Å². The van der Waals surface area contributed by atoms with Crippen molar-refractivity contribution in [1.82, 2.24) is 5.32 Å². The molecule has 0 aromatic heterocycles. The largest absolute Gasteiger partial charge is 0.480 e. The van der Waals surface area contributed by atoms with Crippen LogP contribution in [0.25, 0.3) is 0 Å². The zero-order valence-electron chi connectivity index (χ0n) is 13.2. The van der Waals surface area contributed by atoms with Crippen molar-refractivity contribution < 1.29 is 14.3 Å². The van der Waals surface area contributed by atoms with Gasteiger partial charge in [-0.2, -0.15) is 0 Å². The molecule has 6 heteroatoms. The van der Waals surface area contributed by atoms with Crippen LogP contribution in [0.4, 0.5) is 4.39 Å². The van der Waals surface area contributed by atoms with Gasteiger partial charge in [0.25, 0.3) is 0 Å². The van der Waals surface area contributed by atoms with Gasteiger partial charge >= 0.3 is 5.97 Å². The zero-order chi connectivity index (χ0) is 18.2. The van der Waals surface area contributed by atoms with Crippen molar-refractivity contribution in [2.45, 2.75) is 0 Å². The summed E-state index contributed by atoms with van der Waals surface area (Å²) < 4.78 is 13.1. The Hall–Kier alpha value is -3.59. The van der Waals surface area contributed by atoms with Gasteiger partial charge in [-0.1, -0.05) is 30.0 Å². The monoisotopic (exact) mass is 337 g/mol. The highest BCUT2D eigenvalue weighted by molar-refractivity contribution is 6.13. The third-order valence-electron chi connectivity index (χ3n) is 3.19. The number of carboxylic acid groups (broad SMARTS) is 1. The van der Waals surface area contributed by atoms with Gasteiger partial charge in [-0.25, -0.2) is 4.39 Å². The molecule has 25 heavy (non-hydrogen) atoms. The summed E-state index contributed by atoms with van der Waals surface area (Å²) in [5.74, 6) is 4.15. The highest BCUT2D eigenvalue weighted by Gasteiger charge is 2.11. The molecule has 2 aromatic carbocycles. The highest BCUT2D eigenvalue weighted by atomic mass is 19.1. The van der Waals surface area contributed by atoms with Crippen molar-refractivity contribution in [3.63, 3.8) is 0 Å². The van der Waals surface area contributed by atoms with Gasteiger partial charge in [-0.05, 0) is 36.4 Å². The van der Waals surface area contributed by atoms with Gasteiger partial charge in [0.05, 0.1) is 11.3 Å². The van der Waals surface area contributed by atoms with Crippen molar-refractivity contribution in [2.24, 2.45) is 5.73 Å². The van der Waals surface area contributed by atoms with E-state index in [1.807, 2.05) is 18.2 Å². The number of nitrogens with one attached hydrogen (secondary N) is 2. The van der Waals surface area contributed by atoms with Crippen molar-refractivity contribution in [3.05, 3.63) is 82.9 Å². The lowest BCUT2D eigenvalue weighted by Crippen LogP contribution is -2.29. The molecule has 0 fully saturated rings. The predicted octanol–water partition coefficient (Wildman–Crippen LogP) is 2.09. The summed E-state index contributed by atoms with van der Waals surface area (Å²) in [6, 6.07) is 14.4. The molecule has 126 valence electrons. The predicted molar refractivity (Wildman–Crippen MR) is 93.4 cm³/mol. The van der Waals surface area contributed by atoms with E-state index in [0.29, 0.717) is 5.56 Å². The summed E-state index contributed by atoms with van der Waals surface area (Å²) in [7, 11) is 0. The Balaban J connectivity index is 2.39. The summed E-state index contributed by atoms with van der Waals surface area (Å²) in [6.45, 7) is -0.404. The average molecular weight is 337 g/mol. The quantitative estimate of drug-likeness (QED) is 0.496. The number of rotatable bonds is 5. The fraction of sp³-hybridized carbons (Fsp3) is 0.0526. The van der Waals surface area contributed by atoms with E-state index in [4.69, 9.17) is 16.2 Å². The first-order chi connectivity index (χ1) is 12.0. The van der Waals surface area contributed by atoms with E-state index < -0.39 is 18.3 Å². The third-order valence-corrected chi connectivity index (χ3v) is 3.19. The number of allylic oxidation sites excluding steroid dienone is 1. The van der Waals surface area contributed by atoms with Gasteiger partial charge in [0, 0.05) is 11.1 Å². The average Bonchev–Trinajstić information content (AvgIpc) is 2.61. The summed E-state index contributed by atoms with van der Waals surface area (Å²) >= 11 is 0. The minimum absolute atomic E-state index is 0.0276. The normalized spacial score (nSPS) is 10.9. The van der Waals surface area contributed by atoms with Crippen LogP contribution < -0.4 is 11.1 Å². The maximum Gasteiger partial charge on any atom is 0.322 e. The van der Waals surface area contributed by atoms with Crippen LogP contribution in [0.2, 0.25) is 0 Å². The van der Waals surface area contributed by atoms with Crippen LogP contribution >= 0.6 is 0 Å². The van der Waals surface area contributed by atoms with Gasteiger partial charge in [0.1, 0.15) is 18.2 Å². The van der Waals surface area contributed by atoms with E-state index >= 15 is 0 Å². The molecule has 0 aliphatic heterocycles. The molecule has 0 amide bonds. The van der Waals surface area contributed by atoms with Crippen LogP contribution in [0.15, 0.2) is 66.0 Å². The molecule has 5 nitrogen and oxygen atoms in total. The minimum Gasteiger partial charge on any atom is -0.480 e. The number of hydrogen-bond donors (Lipinski definition) is 4. The van der Waals surface area contributed by atoms with Gasteiger partial charge in [0.2, 0.25) is 0 Å². The number of carboxylic acids is 1. The maximum absolute atomic E-state index is 13.1. The lowest BCUT2D eigenvalue weighted by molar-refractivity contribution is -0.135. The molecule has 0 atom stereocenters. The van der Waals surface area contributed by atoms with Crippen LogP contribution in [0.3, 0.4) is 0 Å². The standard InChI is InChI=1S/C19H16FN3O2/c20-15-9-7-14(8-10-15)18(21)16(19(22)23-12-17(24)25)11-6-13-4-2-1-3-5-13/h1-5,7-10,21,23H,12,22H2,(H,24,25)/b19-16-,21-18?. The molecule has 0 unspecified atom stereocenters. The number of carbonyl (C=O) groups is 1. The molecule has 0 spiro atoms. The van der Waals surface area contributed by atoms with E-state index in [-0.39, 0.29) is 17.1 Å². The Bertz CT molecular complexity index is 863. The number of benzene rings is 2. The van der Waals surface area contributed by atoms with E-state index in [0.717, 1.165) is 5.56 Å². The van der Waals surface area contributed by atoms with Crippen LogP contribution in [0, 0.1) is 23.1 Å². The fourth-order valence-corrected chi connectivity index (χ4v) is 1.94. The van der Waals surface area contributed by atoms with Crippen LogP contribution in [-0.4, -0.2) is 23.3 Å². The van der Waals surface area contributed by atoms with Crippen molar-refractivity contribution in [3.8, 4) is 11.8 Å². The van der Waals surface area contributed by atoms with Crippen LogP contribution in [0.1, 0.15) is 11.1 Å². The van der Waals surface area contributed by atoms with Crippen LogP contribution in [0.5, 0.6) is 0 Å². The summed E-state index contributed by atoms with van der Waals surface area (Å²) in [5, 5.41) is 19.6. The molecule has 0 bridgehead atoms. The second kappa shape index (κ2) is 8.31. The van der Waals surface area contributed by atoms with Gasteiger partial charge in [-0.15, -0.1) is 0 Å². The van der Waals surface area contributed by atoms with Gasteiger partial charge in [-0.3, -0.25) is 10.2 Å². The summed E-state index contributed by atoms with van der Waals surface area (Å²) in [4.78, 5) is 10.7. The molecular formula is C19H16FN3O2.